The van der Waals surface area contributed by atoms with Gasteiger partial charge in [-0.1, -0.05) is 67.1 Å². The maximum absolute atomic E-state index is 13.7. The topological polar surface area (TPSA) is 75.2 Å². The largest absolute Gasteiger partial charge is 0.483 e. The van der Waals surface area contributed by atoms with Crippen LogP contribution in [0.25, 0.3) is 11.1 Å². The van der Waals surface area contributed by atoms with Gasteiger partial charge in [0.05, 0.1) is 6.04 Å². The molecule has 1 saturated heterocycles. The Morgan fingerprint density at radius 3 is 2.02 bits per heavy atom. The lowest BCUT2D eigenvalue weighted by molar-refractivity contribution is -0.598. The average molecular weight is 649 g/mol. The third kappa shape index (κ3) is 7.72. The van der Waals surface area contributed by atoms with Crippen molar-refractivity contribution in [1.82, 2.24) is 10.2 Å². The van der Waals surface area contributed by atoms with Crippen LogP contribution in [0.3, 0.4) is 0 Å². The van der Waals surface area contributed by atoms with E-state index >= 15 is 0 Å². The first-order valence-electron chi connectivity index (χ1n) is 15.3. The zero-order valence-electron chi connectivity index (χ0n) is 25.1. The van der Waals surface area contributed by atoms with E-state index in [4.69, 9.17) is 4.74 Å². The second-order valence-corrected chi connectivity index (χ2v) is 11.9. The molecule has 2 aliphatic rings. The van der Waals surface area contributed by atoms with Crippen LogP contribution >= 0.6 is 0 Å². The fraction of sp³-hybridized carbons (Fsp3) is 0.412. The lowest BCUT2D eigenvalue weighted by Crippen LogP contribution is -2.94. The summed E-state index contributed by atoms with van der Waals surface area (Å²) in [6, 6.07) is 20.6. The molecule has 5 rings (SSSR count). The van der Waals surface area contributed by atoms with Crippen LogP contribution in [0.5, 0.6) is 5.75 Å². The number of fused-ring (bicyclic) bond motifs is 3. The summed E-state index contributed by atoms with van der Waals surface area (Å²) in [6.45, 7) is -0.738. The summed E-state index contributed by atoms with van der Waals surface area (Å²) < 4.78 is 82.1. The summed E-state index contributed by atoms with van der Waals surface area (Å²) in [4.78, 5) is 28.8. The van der Waals surface area contributed by atoms with Crippen LogP contribution in [0.15, 0.2) is 72.8 Å². The molecule has 0 aromatic heterocycles. The number of hydrogen-bond donors (Lipinski definition) is 2. The number of hydrogen-bond acceptors (Lipinski definition) is 4. The molecule has 1 aliphatic heterocycles. The number of alkyl halides is 6. The number of quaternary nitrogens is 1. The van der Waals surface area contributed by atoms with Crippen molar-refractivity contribution in [3.05, 3.63) is 89.5 Å². The molecule has 3 aromatic rings. The number of nitrogens with zero attached hydrogens (tertiary/aromatic N) is 1. The van der Waals surface area contributed by atoms with Gasteiger partial charge in [0, 0.05) is 25.9 Å². The van der Waals surface area contributed by atoms with Crippen molar-refractivity contribution in [2.45, 2.75) is 55.9 Å². The zero-order valence-corrected chi connectivity index (χ0v) is 25.1. The van der Waals surface area contributed by atoms with Gasteiger partial charge in [-0.25, -0.2) is 4.79 Å². The van der Waals surface area contributed by atoms with Gasteiger partial charge >= 0.3 is 18.3 Å². The first kappa shape index (κ1) is 33.5. The number of piperidine rings is 1. The Morgan fingerprint density at radius 2 is 1.41 bits per heavy atom. The Balaban J connectivity index is 1.17. The fourth-order valence-electron chi connectivity index (χ4n) is 6.61. The molecule has 12 heteroatoms. The molecule has 46 heavy (non-hydrogen) atoms. The number of unbranched alkanes of at least 4 members (excludes halogenated alkanes) is 1. The van der Waals surface area contributed by atoms with Gasteiger partial charge in [-0.3, -0.25) is 10.1 Å². The highest BCUT2D eigenvalue weighted by Crippen LogP contribution is 2.51. The maximum Gasteiger partial charge on any atom is 0.422 e. The highest BCUT2D eigenvalue weighted by molar-refractivity contribution is 6.00. The van der Waals surface area contributed by atoms with Crippen LogP contribution in [0.1, 0.15) is 53.6 Å². The van der Waals surface area contributed by atoms with Gasteiger partial charge < -0.3 is 15.0 Å². The highest BCUT2D eigenvalue weighted by atomic mass is 19.4. The zero-order chi connectivity index (χ0) is 33.0. The predicted octanol–water partition coefficient (Wildman–Crippen LogP) is 5.61. The molecule has 2 amide bonds. The molecule has 6 nitrogen and oxygen atoms in total. The van der Waals surface area contributed by atoms with Gasteiger partial charge in [-0.2, -0.15) is 26.3 Å². The van der Waals surface area contributed by atoms with Gasteiger partial charge in [-0.15, -0.1) is 0 Å². The summed E-state index contributed by atoms with van der Waals surface area (Å²) in [7, 11) is 0. The summed E-state index contributed by atoms with van der Waals surface area (Å²) in [5.41, 5.74) is 1.98. The van der Waals surface area contributed by atoms with Gasteiger partial charge in [0.2, 0.25) is 5.91 Å². The summed E-state index contributed by atoms with van der Waals surface area (Å²) in [6.07, 6.45) is -5.99. The van der Waals surface area contributed by atoms with E-state index in [2.05, 4.69) is 10.2 Å². The molecule has 0 unspecified atom stereocenters. The molecule has 0 bridgehead atoms. The minimum atomic E-state index is -4.53. The minimum absolute atomic E-state index is 0.0356. The van der Waals surface area contributed by atoms with Gasteiger partial charge in [-0.05, 0) is 53.8 Å². The second kappa shape index (κ2) is 13.8. The third-order valence-corrected chi connectivity index (χ3v) is 8.74. The molecule has 1 aliphatic carbocycles. The summed E-state index contributed by atoms with van der Waals surface area (Å²) in [5.74, 6) is -1.13. The summed E-state index contributed by atoms with van der Waals surface area (Å²) >= 11 is 0. The van der Waals surface area contributed by atoms with Crippen molar-refractivity contribution in [3.63, 3.8) is 0 Å². The van der Waals surface area contributed by atoms with Crippen molar-refractivity contribution in [2.75, 3.05) is 32.8 Å². The van der Waals surface area contributed by atoms with Crippen LogP contribution < -0.4 is 15.4 Å². The monoisotopic (exact) mass is 648 g/mol. The quantitative estimate of drug-likeness (QED) is 0.210. The lowest BCUT2D eigenvalue weighted by Gasteiger charge is -2.32. The molecule has 0 atom stereocenters. The predicted molar refractivity (Wildman–Crippen MR) is 159 cm³/mol. The Hall–Kier alpha value is -3.90. The van der Waals surface area contributed by atoms with Crippen molar-refractivity contribution in [1.29, 1.82) is 0 Å². The van der Waals surface area contributed by atoms with Crippen molar-refractivity contribution >= 4 is 11.8 Å². The number of rotatable bonds is 11. The van der Waals surface area contributed by atoms with Crippen LogP contribution in [-0.4, -0.2) is 67.9 Å². The van der Waals surface area contributed by atoms with E-state index in [0.717, 1.165) is 24.1 Å². The second-order valence-electron chi connectivity index (χ2n) is 11.9. The highest BCUT2D eigenvalue weighted by Gasteiger charge is 2.49. The molecule has 1 heterocycles. The van der Waals surface area contributed by atoms with E-state index in [1.54, 1.807) is 23.5 Å². The van der Waals surface area contributed by atoms with Crippen molar-refractivity contribution < 1.29 is 46.0 Å². The molecule has 3 aromatic carbocycles. The molecule has 1 fully saturated rings. The number of nitrogens with two attached hydrogens (primary N) is 1. The molecule has 0 spiro atoms. The first-order chi connectivity index (χ1) is 21.9. The van der Waals surface area contributed by atoms with E-state index in [0.29, 0.717) is 49.9 Å². The van der Waals surface area contributed by atoms with Crippen LogP contribution in [0.2, 0.25) is 0 Å². The van der Waals surface area contributed by atoms with Crippen LogP contribution in [-0.2, 0) is 10.2 Å². The van der Waals surface area contributed by atoms with E-state index in [1.165, 1.54) is 18.2 Å². The fourth-order valence-corrected chi connectivity index (χ4v) is 6.61. The van der Waals surface area contributed by atoms with E-state index < -0.39 is 36.8 Å². The number of ether oxygens (including phenoxy) is 1. The van der Waals surface area contributed by atoms with E-state index in [9.17, 15) is 35.9 Å². The number of para-hydroxylation sites is 1. The molecule has 3 N–H and O–H groups in total. The summed E-state index contributed by atoms with van der Waals surface area (Å²) in [5, 5.41) is 3.72. The average Bonchev–Trinajstić information content (AvgIpc) is 3.32. The van der Waals surface area contributed by atoms with Gasteiger partial charge in [0.25, 0.3) is 0 Å². The lowest BCUT2D eigenvalue weighted by atomic mass is 9.73. The molecular formula is C34H36F6N3O3+. The number of nitrogens with one attached hydrogen (secondary N) is 1. The van der Waals surface area contributed by atoms with Gasteiger partial charge in [0.1, 0.15) is 23.3 Å². The number of primary amides is 1. The maximum atomic E-state index is 13.7. The number of likely N-dealkylation sites (tertiary alicyclic amines) is 1. The molecular weight excluding hydrogens is 612 g/mol. The SMILES string of the molecule is O=C([NH2+]C1CCN(CCCCC2(C(=O)NCC(F)(F)F)c3ccccc3-c3ccccc32)CC1)c1ccccc1OCC(F)(F)F. The first-order valence-corrected chi connectivity index (χ1v) is 15.3. The molecule has 0 radical (unpaired) electrons. The van der Waals surface area contributed by atoms with Crippen LogP contribution in [0, 0.1) is 0 Å². The number of halogens is 6. The van der Waals surface area contributed by atoms with Crippen LogP contribution in [0.4, 0.5) is 26.3 Å². The number of benzene rings is 3. The van der Waals surface area contributed by atoms with Crippen molar-refractivity contribution in [3.8, 4) is 16.9 Å². The number of carbonyl (C=O) groups excluding carboxylic acids is 2. The Morgan fingerprint density at radius 1 is 0.826 bits per heavy atom. The standard InChI is InChI=1S/C34H35F6N3O3/c35-33(36,37)21-41-31(45)32(27-12-4-1-9-24(27)25-10-2-5-13-28(25)32)17-7-8-18-43-19-15-23(16-20-43)42-30(44)26-11-3-6-14-29(26)46-22-34(38,39)40/h1-6,9-14,23H,7-8,15-22H2,(H,41,45)(H,42,44)/p+1. The Bertz CT molecular complexity index is 1490. The molecule has 0 saturated carbocycles. The van der Waals surface area contributed by atoms with E-state index in [-0.39, 0.29) is 23.3 Å². The third-order valence-electron chi connectivity index (χ3n) is 8.74. The Labute approximate surface area is 263 Å². The van der Waals surface area contributed by atoms with Gasteiger partial charge in [0.15, 0.2) is 6.61 Å². The normalized spacial score (nSPS) is 16.5. The molecule has 246 valence electrons. The smallest absolute Gasteiger partial charge is 0.422 e. The van der Waals surface area contributed by atoms with E-state index in [1.807, 2.05) is 36.4 Å². The minimum Gasteiger partial charge on any atom is -0.483 e. The number of carbonyl (C=O) groups is 2. The number of amides is 2. The Kier molecular flexibility index (Phi) is 10.1. The van der Waals surface area contributed by atoms with Crippen molar-refractivity contribution in [2.24, 2.45) is 0 Å².